The second-order valence-corrected chi connectivity index (χ2v) is 5.32. The smallest absolute Gasteiger partial charge is 0.337 e. The summed E-state index contributed by atoms with van der Waals surface area (Å²) in [5.41, 5.74) is 1.24. The predicted molar refractivity (Wildman–Crippen MR) is 73.4 cm³/mol. The minimum absolute atomic E-state index is 0.316. The molecule has 0 aliphatic heterocycles. The van der Waals surface area contributed by atoms with Crippen LogP contribution in [0.15, 0.2) is 24.4 Å². The molecule has 0 saturated heterocycles. The van der Waals surface area contributed by atoms with E-state index in [0.29, 0.717) is 21.9 Å². The Balaban J connectivity index is 2.50. The van der Waals surface area contributed by atoms with Crippen LogP contribution in [0.3, 0.4) is 0 Å². The summed E-state index contributed by atoms with van der Waals surface area (Å²) < 4.78 is 2.00. The van der Waals surface area contributed by atoms with Gasteiger partial charge in [0, 0.05) is 28.7 Å². The summed E-state index contributed by atoms with van der Waals surface area (Å²) >= 11 is 5.93. The Labute approximate surface area is 111 Å². The molecule has 4 heteroatoms. The van der Waals surface area contributed by atoms with Gasteiger partial charge < -0.3 is 9.67 Å². The Bertz CT molecular complexity index is 587. The van der Waals surface area contributed by atoms with Gasteiger partial charge in [-0.1, -0.05) is 25.4 Å². The largest absolute Gasteiger partial charge is 0.478 e. The summed E-state index contributed by atoms with van der Waals surface area (Å²) in [5, 5.41) is 10.5. The van der Waals surface area contributed by atoms with Crippen molar-refractivity contribution in [2.45, 2.75) is 26.8 Å². The fourth-order valence-corrected chi connectivity index (χ4v) is 2.19. The second-order valence-electron chi connectivity index (χ2n) is 4.89. The predicted octanol–water partition coefficient (Wildman–Crippen LogP) is 4.04. The molecule has 2 aromatic rings. The number of carbonyl (C=O) groups is 1. The van der Waals surface area contributed by atoms with Crippen molar-refractivity contribution < 1.29 is 9.90 Å². The van der Waals surface area contributed by atoms with Crippen molar-refractivity contribution in [2.75, 3.05) is 0 Å². The molecule has 1 aromatic heterocycles. The van der Waals surface area contributed by atoms with Crippen molar-refractivity contribution in [1.29, 1.82) is 0 Å². The standard InChI is InChI=1S/C14H16ClNO2/c1-9(2)5-6-16-8-12(14(17)18)11-7-10(15)3-4-13(11)16/h3-4,7-9H,5-6H2,1-2H3,(H,17,18). The van der Waals surface area contributed by atoms with E-state index in [2.05, 4.69) is 13.8 Å². The summed E-state index contributed by atoms with van der Waals surface area (Å²) in [4.78, 5) is 11.2. The van der Waals surface area contributed by atoms with E-state index >= 15 is 0 Å². The highest BCUT2D eigenvalue weighted by Gasteiger charge is 2.14. The van der Waals surface area contributed by atoms with Gasteiger partial charge in [-0.15, -0.1) is 0 Å². The van der Waals surface area contributed by atoms with Crippen LogP contribution in [0.25, 0.3) is 10.9 Å². The van der Waals surface area contributed by atoms with Gasteiger partial charge in [0.2, 0.25) is 0 Å². The van der Waals surface area contributed by atoms with E-state index in [0.717, 1.165) is 18.5 Å². The van der Waals surface area contributed by atoms with E-state index in [-0.39, 0.29) is 0 Å². The van der Waals surface area contributed by atoms with Crippen LogP contribution in [0, 0.1) is 5.92 Å². The molecule has 0 radical (unpaired) electrons. The van der Waals surface area contributed by atoms with Gasteiger partial charge in [-0.05, 0) is 30.5 Å². The normalized spacial score (nSPS) is 11.3. The first kappa shape index (κ1) is 13.0. The van der Waals surface area contributed by atoms with Crippen LogP contribution in [0.4, 0.5) is 0 Å². The third-order valence-electron chi connectivity index (χ3n) is 3.02. The van der Waals surface area contributed by atoms with E-state index in [1.807, 2.05) is 10.6 Å². The fraction of sp³-hybridized carbons (Fsp3) is 0.357. The monoisotopic (exact) mass is 265 g/mol. The Morgan fingerprint density at radius 1 is 1.44 bits per heavy atom. The van der Waals surface area contributed by atoms with Crippen LogP contribution in [-0.2, 0) is 6.54 Å². The Hall–Kier alpha value is -1.48. The van der Waals surface area contributed by atoms with Gasteiger partial charge >= 0.3 is 5.97 Å². The molecule has 2 rings (SSSR count). The van der Waals surface area contributed by atoms with Gasteiger partial charge in [-0.25, -0.2) is 4.79 Å². The lowest BCUT2D eigenvalue weighted by atomic mass is 10.1. The van der Waals surface area contributed by atoms with Gasteiger partial charge in [-0.3, -0.25) is 0 Å². The minimum Gasteiger partial charge on any atom is -0.478 e. The first-order valence-corrected chi connectivity index (χ1v) is 6.38. The summed E-state index contributed by atoms with van der Waals surface area (Å²) in [6.07, 6.45) is 2.72. The van der Waals surface area contributed by atoms with Crippen molar-refractivity contribution in [3.63, 3.8) is 0 Å². The molecular formula is C14H16ClNO2. The van der Waals surface area contributed by atoms with Crippen molar-refractivity contribution >= 4 is 28.5 Å². The summed E-state index contributed by atoms with van der Waals surface area (Å²) in [5.74, 6) is -0.325. The lowest BCUT2D eigenvalue weighted by Crippen LogP contribution is -2.00. The van der Waals surface area contributed by atoms with Gasteiger partial charge in [0.1, 0.15) is 0 Å². The zero-order valence-electron chi connectivity index (χ0n) is 10.5. The van der Waals surface area contributed by atoms with Crippen LogP contribution in [-0.4, -0.2) is 15.6 Å². The molecule has 1 heterocycles. The molecule has 0 aliphatic carbocycles. The molecule has 0 atom stereocenters. The summed E-state index contributed by atoms with van der Waals surface area (Å²) in [6, 6.07) is 5.39. The molecule has 0 saturated carbocycles. The van der Waals surface area contributed by atoms with E-state index in [9.17, 15) is 9.90 Å². The number of benzene rings is 1. The first-order valence-electron chi connectivity index (χ1n) is 6.00. The maximum Gasteiger partial charge on any atom is 0.337 e. The second kappa shape index (κ2) is 5.02. The average molecular weight is 266 g/mol. The number of aromatic carboxylic acids is 1. The van der Waals surface area contributed by atoms with E-state index < -0.39 is 5.97 Å². The molecule has 0 unspecified atom stereocenters. The topological polar surface area (TPSA) is 42.2 Å². The van der Waals surface area contributed by atoms with Crippen LogP contribution < -0.4 is 0 Å². The van der Waals surface area contributed by atoms with Gasteiger partial charge in [0.25, 0.3) is 0 Å². The average Bonchev–Trinajstić information content (AvgIpc) is 2.64. The summed E-state index contributed by atoms with van der Waals surface area (Å²) in [6.45, 7) is 5.13. The lowest BCUT2D eigenvalue weighted by molar-refractivity contribution is 0.0699. The quantitative estimate of drug-likeness (QED) is 0.907. The summed E-state index contributed by atoms with van der Waals surface area (Å²) in [7, 11) is 0. The van der Waals surface area contributed by atoms with Gasteiger partial charge in [-0.2, -0.15) is 0 Å². The maximum absolute atomic E-state index is 11.2. The zero-order chi connectivity index (χ0) is 13.3. The number of nitrogens with zero attached hydrogens (tertiary/aromatic N) is 1. The highest BCUT2D eigenvalue weighted by molar-refractivity contribution is 6.31. The molecule has 0 aliphatic rings. The molecule has 1 N–H and O–H groups in total. The van der Waals surface area contributed by atoms with Crippen LogP contribution >= 0.6 is 11.6 Å². The Morgan fingerprint density at radius 2 is 2.17 bits per heavy atom. The number of hydrogen-bond donors (Lipinski definition) is 1. The molecule has 0 bridgehead atoms. The fourth-order valence-electron chi connectivity index (χ4n) is 2.02. The van der Waals surface area contributed by atoms with E-state index in [4.69, 9.17) is 11.6 Å². The molecule has 0 amide bonds. The third-order valence-corrected chi connectivity index (χ3v) is 3.26. The lowest BCUT2D eigenvalue weighted by Gasteiger charge is -2.07. The van der Waals surface area contributed by atoms with Crippen molar-refractivity contribution in [1.82, 2.24) is 4.57 Å². The number of aromatic nitrogens is 1. The van der Waals surface area contributed by atoms with Crippen molar-refractivity contribution in [2.24, 2.45) is 5.92 Å². The SMILES string of the molecule is CC(C)CCn1cc(C(=O)O)c2cc(Cl)ccc21. The molecule has 18 heavy (non-hydrogen) atoms. The Kier molecular flexibility index (Phi) is 3.62. The number of aryl methyl sites for hydroxylation is 1. The van der Waals surface area contributed by atoms with Crippen molar-refractivity contribution in [3.8, 4) is 0 Å². The molecule has 3 nitrogen and oxygen atoms in total. The van der Waals surface area contributed by atoms with Crippen LogP contribution in [0.5, 0.6) is 0 Å². The van der Waals surface area contributed by atoms with E-state index in [1.165, 1.54) is 0 Å². The van der Waals surface area contributed by atoms with Crippen LogP contribution in [0.1, 0.15) is 30.6 Å². The number of carboxylic acids is 1. The molecule has 0 spiro atoms. The zero-order valence-corrected chi connectivity index (χ0v) is 11.2. The van der Waals surface area contributed by atoms with E-state index in [1.54, 1.807) is 18.3 Å². The van der Waals surface area contributed by atoms with Crippen LogP contribution in [0.2, 0.25) is 5.02 Å². The number of carboxylic acid groups (broad SMARTS) is 1. The number of rotatable bonds is 4. The molecule has 96 valence electrons. The van der Waals surface area contributed by atoms with Gasteiger partial charge in [0.15, 0.2) is 0 Å². The first-order chi connectivity index (χ1) is 8.49. The third kappa shape index (κ3) is 2.51. The molecular weight excluding hydrogens is 250 g/mol. The number of fused-ring (bicyclic) bond motifs is 1. The minimum atomic E-state index is -0.912. The van der Waals surface area contributed by atoms with Gasteiger partial charge in [0.05, 0.1) is 5.56 Å². The molecule has 1 aromatic carbocycles. The Morgan fingerprint density at radius 3 is 2.78 bits per heavy atom. The highest BCUT2D eigenvalue weighted by atomic mass is 35.5. The highest BCUT2D eigenvalue weighted by Crippen LogP contribution is 2.25. The van der Waals surface area contributed by atoms with Crippen molar-refractivity contribution in [3.05, 3.63) is 35.0 Å². The molecule has 0 fully saturated rings. The number of halogens is 1. The number of hydrogen-bond acceptors (Lipinski definition) is 1. The maximum atomic E-state index is 11.2.